The van der Waals surface area contributed by atoms with Crippen molar-refractivity contribution in [3.05, 3.63) is 101 Å². The number of amides is 2. The smallest absolute Gasteiger partial charge is 0.261 e. The van der Waals surface area contributed by atoms with Crippen LogP contribution in [0.3, 0.4) is 0 Å². The number of aryl methyl sites for hydroxylation is 1. The Bertz CT molecular complexity index is 1340. The maximum atomic E-state index is 13.5. The number of hydrogen-bond donors (Lipinski definition) is 0. The van der Waals surface area contributed by atoms with Crippen LogP contribution in [0.5, 0.6) is 5.75 Å². The van der Waals surface area contributed by atoms with E-state index in [1.54, 1.807) is 24.1 Å². The van der Waals surface area contributed by atoms with E-state index in [4.69, 9.17) is 4.74 Å². The van der Waals surface area contributed by atoms with Gasteiger partial charge < -0.3 is 9.64 Å². The zero-order valence-corrected chi connectivity index (χ0v) is 23.1. The molecular formula is C34H38N2O3. The first-order valence-corrected chi connectivity index (χ1v) is 14.3. The first-order chi connectivity index (χ1) is 18.9. The number of carbonyl (C=O) groups is 2. The van der Waals surface area contributed by atoms with Gasteiger partial charge in [-0.2, -0.15) is 0 Å². The molecule has 1 saturated heterocycles. The first kappa shape index (κ1) is 25.8. The van der Waals surface area contributed by atoms with Gasteiger partial charge in [-0.1, -0.05) is 61.5 Å². The molecule has 1 aliphatic carbocycles. The molecule has 2 fully saturated rings. The van der Waals surface area contributed by atoms with Crippen LogP contribution >= 0.6 is 0 Å². The third kappa shape index (κ3) is 4.47. The van der Waals surface area contributed by atoms with Gasteiger partial charge in [-0.3, -0.25) is 14.5 Å². The number of imide groups is 1. The summed E-state index contributed by atoms with van der Waals surface area (Å²) in [5, 5.41) is 0. The molecule has 0 unspecified atom stereocenters. The Balaban J connectivity index is 1.27. The molecular weight excluding hydrogens is 484 g/mol. The van der Waals surface area contributed by atoms with Crippen molar-refractivity contribution >= 4 is 11.8 Å². The Labute approximate surface area is 231 Å². The van der Waals surface area contributed by atoms with Crippen molar-refractivity contribution in [1.29, 1.82) is 0 Å². The van der Waals surface area contributed by atoms with E-state index in [0.29, 0.717) is 11.1 Å². The molecule has 3 aliphatic rings. The highest BCUT2D eigenvalue weighted by molar-refractivity contribution is 6.21. The second-order valence-electron chi connectivity index (χ2n) is 11.9. The molecule has 3 atom stereocenters. The summed E-state index contributed by atoms with van der Waals surface area (Å²) in [6.45, 7) is 5.55. The van der Waals surface area contributed by atoms with Crippen LogP contribution in [-0.2, 0) is 11.8 Å². The number of likely N-dealkylation sites (tertiary alicyclic amines) is 1. The lowest BCUT2D eigenvalue weighted by molar-refractivity contribution is -0.0428. The topological polar surface area (TPSA) is 49.9 Å². The molecule has 0 bridgehead atoms. The first-order valence-electron chi connectivity index (χ1n) is 14.3. The van der Waals surface area contributed by atoms with Crippen LogP contribution in [0.4, 0.5) is 0 Å². The predicted molar refractivity (Wildman–Crippen MR) is 153 cm³/mol. The Hall–Kier alpha value is -3.44. The molecule has 0 radical (unpaired) electrons. The number of fused-ring (bicyclic) bond motifs is 2. The average molecular weight is 523 g/mol. The van der Waals surface area contributed by atoms with Gasteiger partial charge in [-0.25, -0.2) is 0 Å². The van der Waals surface area contributed by atoms with Crippen molar-refractivity contribution in [2.45, 2.75) is 56.9 Å². The molecule has 2 amide bonds. The Morgan fingerprint density at radius 3 is 2.33 bits per heavy atom. The molecule has 2 aliphatic heterocycles. The van der Waals surface area contributed by atoms with Crippen LogP contribution in [0.2, 0.25) is 0 Å². The van der Waals surface area contributed by atoms with Crippen LogP contribution in [0.15, 0.2) is 78.9 Å². The van der Waals surface area contributed by atoms with Crippen LogP contribution in [0, 0.1) is 5.41 Å². The number of piperidine rings is 1. The number of carbonyl (C=O) groups excluding carboxylic acids is 2. The lowest BCUT2D eigenvalue weighted by Gasteiger charge is -2.60. The summed E-state index contributed by atoms with van der Waals surface area (Å²) in [6.07, 6.45) is 5.84. The van der Waals surface area contributed by atoms with Crippen LogP contribution in [-0.4, -0.2) is 54.4 Å². The maximum Gasteiger partial charge on any atom is 0.261 e. The van der Waals surface area contributed by atoms with Crippen LogP contribution in [0.25, 0.3) is 0 Å². The maximum absolute atomic E-state index is 13.5. The van der Waals surface area contributed by atoms with E-state index < -0.39 is 0 Å². The largest absolute Gasteiger partial charge is 0.497 e. The number of hydrogen-bond acceptors (Lipinski definition) is 4. The Morgan fingerprint density at radius 2 is 1.62 bits per heavy atom. The average Bonchev–Trinajstić information content (AvgIpc) is 3.22. The van der Waals surface area contributed by atoms with Crippen LogP contribution < -0.4 is 4.74 Å². The molecule has 0 aromatic heterocycles. The van der Waals surface area contributed by atoms with E-state index >= 15 is 0 Å². The Kier molecular flexibility index (Phi) is 6.80. The summed E-state index contributed by atoms with van der Waals surface area (Å²) in [7, 11) is 1.72. The summed E-state index contributed by atoms with van der Waals surface area (Å²) in [4.78, 5) is 31.1. The molecule has 3 aromatic carbocycles. The third-order valence-corrected chi connectivity index (χ3v) is 9.79. The minimum Gasteiger partial charge on any atom is -0.497 e. The monoisotopic (exact) mass is 522 g/mol. The molecule has 1 saturated carbocycles. The van der Waals surface area contributed by atoms with Gasteiger partial charge in [0.2, 0.25) is 0 Å². The fourth-order valence-corrected chi connectivity index (χ4v) is 7.66. The molecule has 2 heterocycles. The molecule has 5 nitrogen and oxygen atoms in total. The van der Waals surface area contributed by atoms with Crippen molar-refractivity contribution in [2.24, 2.45) is 5.41 Å². The highest BCUT2D eigenvalue weighted by Crippen LogP contribution is 2.58. The van der Waals surface area contributed by atoms with Gasteiger partial charge in [0.05, 0.1) is 18.2 Å². The van der Waals surface area contributed by atoms with Crippen molar-refractivity contribution in [3.8, 4) is 5.75 Å². The molecule has 0 spiro atoms. The summed E-state index contributed by atoms with van der Waals surface area (Å²) in [5.74, 6) is 0.587. The van der Waals surface area contributed by atoms with Gasteiger partial charge in [0.15, 0.2) is 0 Å². The molecule has 6 rings (SSSR count). The highest BCUT2D eigenvalue weighted by atomic mass is 16.5. The van der Waals surface area contributed by atoms with Gasteiger partial charge in [0.1, 0.15) is 5.75 Å². The van der Waals surface area contributed by atoms with Gasteiger partial charge in [-0.05, 0) is 92.4 Å². The fraction of sp³-hybridized carbons (Fsp3) is 0.412. The van der Waals surface area contributed by atoms with Crippen molar-refractivity contribution in [3.63, 3.8) is 0 Å². The number of methoxy groups -OCH3 is 1. The summed E-state index contributed by atoms with van der Waals surface area (Å²) < 4.78 is 5.65. The van der Waals surface area contributed by atoms with Gasteiger partial charge in [0.25, 0.3) is 11.8 Å². The molecule has 39 heavy (non-hydrogen) atoms. The summed E-state index contributed by atoms with van der Waals surface area (Å²) in [6, 6.07) is 26.4. The lowest BCUT2D eigenvalue weighted by atomic mass is 9.50. The molecule has 202 valence electrons. The van der Waals surface area contributed by atoms with Crippen molar-refractivity contribution < 1.29 is 14.3 Å². The minimum absolute atomic E-state index is 0.0273. The van der Waals surface area contributed by atoms with Crippen molar-refractivity contribution in [2.75, 3.05) is 26.7 Å². The molecule has 0 N–H and O–H groups in total. The zero-order chi connectivity index (χ0) is 27.0. The van der Waals surface area contributed by atoms with E-state index in [1.165, 1.54) is 11.1 Å². The Morgan fingerprint density at radius 1 is 0.897 bits per heavy atom. The van der Waals surface area contributed by atoms with Crippen molar-refractivity contribution in [1.82, 2.24) is 9.80 Å². The summed E-state index contributed by atoms with van der Waals surface area (Å²) >= 11 is 0. The number of ether oxygens (including phenoxy) is 1. The number of benzene rings is 3. The number of rotatable bonds is 7. The minimum atomic E-state index is -0.143. The SMILES string of the molecule is COc1cccc([C@]23CCN(CCCc4ccccc4)C[C@@]2(C)CC[C@@H](N2C(=O)c4ccccc4C2=O)C3)c1. The zero-order valence-electron chi connectivity index (χ0n) is 23.1. The van der Waals surface area contributed by atoms with E-state index in [-0.39, 0.29) is 28.7 Å². The second-order valence-corrected chi connectivity index (χ2v) is 11.9. The normalized spacial score (nSPS) is 26.8. The van der Waals surface area contributed by atoms with E-state index in [0.717, 1.165) is 63.9 Å². The molecule has 5 heteroatoms. The quantitative estimate of drug-likeness (QED) is 0.351. The molecule has 3 aromatic rings. The van der Waals surface area contributed by atoms with Gasteiger partial charge in [-0.15, -0.1) is 0 Å². The van der Waals surface area contributed by atoms with Gasteiger partial charge in [0, 0.05) is 18.0 Å². The van der Waals surface area contributed by atoms with E-state index in [9.17, 15) is 9.59 Å². The third-order valence-electron chi connectivity index (χ3n) is 9.79. The highest BCUT2D eigenvalue weighted by Gasteiger charge is 2.57. The fourth-order valence-electron chi connectivity index (χ4n) is 7.66. The van der Waals surface area contributed by atoms with Crippen LogP contribution in [0.1, 0.15) is 70.9 Å². The standard InChI is InChI=1S/C34H38N2O3/c1-33-18-17-27(36-31(37)29-15-6-7-16-30(29)32(36)38)23-34(33,26-13-8-14-28(22-26)39-2)19-21-35(24-33)20-9-12-25-10-4-3-5-11-25/h3-8,10-11,13-16,22,27H,9,12,17-21,23-24H2,1-2H3/t27-,33-,34-/m1/s1. The number of nitrogens with zero attached hydrogens (tertiary/aromatic N) is 2. The lowest BCUT2D eigenvalue weighted by Crippen LogP contribution is -2.62. The van der Waals surface area contributed by atoms with Gasteiger partial charge >= 0.3 is 0 Å². The summed E-state index contributed by atoms with van der Waals surface area (Å²) in [5.41, 5.74) is 3.64. The second kappa shape index (κ2) is 10.3. The van der Waals surface area contributed by atoms with E-state index in [2.05, 4.69) is 60.4 Å². The predicted octanol–water partition coefficient (Wildman–Crippen LogP) is 6.13. The van der Waals surface area contributed by atoms with E-state index in [1.807, 2.05) is 18.2 Å².